The average molecular weight is 723 g/mol. The van der Waals surface area contributed by atoms with Crippen LogP contribution in [0.3, 0.4) is 0 Å². The van der Waals surface area contributed by atoms with E-state index in [0.717, 1.165) is 10.8 Å². The fourth-order valence-corrected chi connectivity index (χ4v) is 8.04. The SMILES string of the molecule is O=C(NCSC/N=C/[S+]([O-])CCSCCSC(=O)NCSC/N=C\OOCSCSCO)OCSCSCO. The summed E-state index contributed by atoms with van der Waals surface area (Å²) in [5, 5.41) is 23.9. The van der Waals surface area contributed by atoms with Gasteiger partial charge in [-0.3, -0.25) is 4.79 Å². The highest BCUT2D eigenvalue weighted by atomic mass is 32.2. The lowest BCUT2D eigenvalue weighted by Crippen LogP contribution is -2.23. The van der Waals surface area contributed by atoms with Crippen LogP contribution in [0.15, 0.2) is 9.98 Å². The van der Waals surface area contributed by atoms with E-state index >= 15 is 0 Å². The molecule has 21 heteroatoms. The molecule has 39 heavy (non-hydrogen) atoms. The number of amides is 2. The standard InChI is InChI=1S/C18H34N4O8S9/c23-11-34-15-36-13-28-17(25)21-8-33-7-20-10-39(27)4-3-31-1-2-38-18(26)22-9-32-6-19-5-29-30-14-37-16-35-12-24/h5,10,23-24H,1-4,6-9,11-16H2,(H,21,25)(H,22,26)/b19-5-,20-10+. The van der Waals surface area contributed by atoms with Gasteiger partial charge in [0.25, 0.3) is 5.24 Å². The van der Waals surface area contributed by atoms with Crippen molar-refractivity contribution in [1.82, 2.24) is 10.6 Å². The first kappa shape index (κ1) is 39.9. The number of hydrogen-bond acceptors (Lipinski definition) is 18. The highest BCUT2D eigenvalue weighted by Crippen LogP contribution is 2.12. The fourth-order valence-electron chi connectivity index (χ4n) is 1.63. The zero-order chi connectivity index (χ0) is 28.7. The molecule has 0 aliphatic carbocycles. The van der Waals surface area contributed by atoms with Crippen molar-refractivity contribution in [2.75, 3.05) is 80.4 Å². The molecule has 0 aromatic heterocycles. The largest absolute Gasteiger partial charge is 0.611 e. The summed E-state index contributed by atoms with van der Waals surface area (Å²) in [6, 6.07) is 0. The molecular weight excluding hydrogens is 689 g/mol. The number of ether oxygens (including phenoxy) is 1. The van der Waals surface area contributed by atoms with Gasteiger partial charge in [0.2, 0.25) is 11.9 Å². The maximum absolute atomic E-state index is 11.9. The maximum Gasteiger partial charge on any atom is 0.408 e. The van der Waals surface area contributed by atoms with E-state index in [0.29, 0.717) is 51.8 Å². The molecule has 0 fully saturated rings. The number of hydrogen-bond donors (Lipinski definition) is 4. The van der Waals surface area contributed by atoms with Crippen LogP contribution in [-0.2, 0) is 25.7 Å². The Morgan fingerprint density at radius 2 is 1.54 bits per heavy atom. The minimum absolute atomic E-state index is 0.0420. The number of nitrogens with zero attached hydrogens (tertiary/aromatic N) is 2. The Labute approximate surface area is 266 Å². The molecule has 0 aromatic carbocycles. The summed E-state index contributed by atoms with van der Waals surface area (Å²) in [5.41, 5.74) is 1.42. The first-order valence-electron chi connectivity index (χ1n) is 10.8. The highest BCUT2D eigenvalue weighted by Gasteiger charge is 2.05. The summed E-state index contributed by atoms with van der Waals surface area (Å²) in [4.78, 5) is 40.9. The van der Waals surface area contributed by atoms with Crippen LogP contribution >= 0.6 is 94.1 Å². The van der Waals surface area contributed by atoms with Gasteiger partial charge in [-0.1, -0.05) is 11.8 Å². The van der Waals surface area contributed by atoms with Crippen molar-refractivity contribution in [2.45, 2.75) is 0 Å². The molecular formula is C18H34N4O8S9. The van der Waals surface area contributed by atoms with Gasteiger partial charge in [0.05, 0.1) is 35.4 Å². The Morgan fingerprint density at radius 3 is 2.28 bits per heavy atom. The van der Waals surface area contributed by atoms with Crippen molar-refractivity contribution in [3.05, 3.63) is 0 Å². The summed E-state index contributed by atoms with van der Waals surface area (Å²) in [5.74, 6) is 4.89. The molecule has 0 saturated heterocycles. The second-order valence-electron chi connectivity index (χ2n) is 5.91. The topological polar surface area (TPSA) is 174 Å². The van der Waals surface area contributed by atoms with Crippen molar-refractivity contribution in [3.63, 3.8) is 0 Å². The summed E-state index contributed by atoms with van der Waals surface area (Å²) >= 11 is 10.1. The molecule has 4 N–H and O–H groups in total. The molecule has 0 radical (unpaired) electrons. The quantitative estimate of drug-likeness (QED) is 0.0184. The highest BCUT2D eigenvalue weighted by molar-refractivity contribution is 8.16. The van der Waals surface area contributed by atoms with E-state index in [1.165, 1.54) is 94.3 Å². The molecule has 0 saturated carbocycles. The molecule has 2 amide bonds. The molecule has 0 spiro atoms. The molecule has 0 bridgehead atoms. The first-order chi connectivity index (χ1) is 19.1. The van der Waals surface area contributed by atoms with E-state index < -0.39 is 17.3 Å². The Bertz CT molecular complexity index is 647. The third-order valence-corrected chi connectivity index (χ3v) is 11.4. The van der Waals surface area contributed by atoms with Gasteiger partial charge in [-0.25, -0.2) is 14.8 Å². The lowest BCUT2D eigenvalue weighted by Gasteiger charge is -2.06. The third-order valence-electron chi connectivity index (χ3n) is 3.16. The molecule has 0 aliphatic rings. The predicted molar refractivity (Wildman–Crippen MR) is 179 cm³/mol. The number of rotatable bonds is 27. The molecule has 0 heterocycles. The monoisotopic (exact) mass is 722 g/mol. The molecule has 0 rings (SSSR count). The van der Waals surface area contributed by atoms with Crippen LogP contribution in [-0.4, -0.2) is 118 Å². The molecule has 12 nitrogen and oxygen atoms in total. The van der Waals surface area contributed by atoms with Gasteiger partial charge in [0.1, 0.15) is 17.6 Å². The van der Waals surface area contributed by atoms with Gasteiger partial charge in [0.15, 0.2) is 0 Å². The van der Waals surface area contributed by atoms with Crippen LogP contribution in [0.1, 0.15) is 0 Å². The zero-order valence-corrected chi connectivity index (χ0v) is 28.3. The lowest BCUT2D eigenvalue weighted by atomic mass is 10.9. The molecule has 0 aliphatic heterocycles. The summed E-state index contributed by atoms with van der Waals surface area (Å²) in [6.07, 6.45) is 0.698. The van der Waals surface area contributed by atoms with Gasteiger partial charge in [0, 0.05) is 27.4 Å². The van der Waals surface area contributed by atoms with E-state index in [-0.39, 0.29) is 23.1 Å². The van der Waals surface area contributed by atoms with Crippen LogP contribution < -0.4 is 10.6 Å². The molecule has 228 valence electrons. The first-order valence-corrected chi connectivity index (χ1v) is 21.3. The van der Waals surface area contributed by atoms with E-state index in [9.17, 15) is 14.1 Å². The molecule has 0 aromatic rings. The average Bonchev–Trinajstić information content (AvgIpc) is 2.93. The Morgan fingerprint density at radius 1 is 0.846 bits per heavy atom. The summed E-state index contributed by atoms with van der Waals surface area (Å²) < 4.78 is 16.9. The third kappa shape index (κ3) is 33.2. The Balaban J connectivity index is 3.45. The number of carbonyl (C=O) groups excluding carboxylic acids is 2. The van der Waals surface area contributed by atoms with Crippen molar-refractivity contribution < 1.29 is 38.9 Å². The number of carbonyl (C=O) groups is 2. The minimum Gasteiger partial charge on any atom is -0.611 e. The summed E-state index contributed by atoms with van der Waals surface area (Å²) in [6.45, 7) is 0. The molecule has 1 atom stereocenters. The van der Waals surface area contributed by atoms with E-state index in [1.54, 1.807) is 11.8 Å². The number of alkyl carbamates (subject to hydrolysis) is 1. The fraction of sp³-hybridized carbons (Fsp3) is 0.778. The lowest BCUT2D eigenvalue weighted by molar-refractivity contribution is -0.196. The van der Waals surface area contributed by atoms with Crippen LogP contribution in [0.4, 0.5) is 9.59 Å². The van der Waals surface area contributed by atoms with Gasteiger partial charge in [-0.2, -0.15) is 16.6 Å². The van der Waals surface area contributed by atoms with Crippen molar-refractivity contribution in [1.29, 1.82) is 0 Å². The zero-order valence-electron chi connectivity index (χ0n) is 21.0. The van der Waals surface area contributed by atoms with Crippen molar-refractivity contribution in [2.24, 2.45) is 9.98 Å². The normalized spacial score (nSPS) is 12.2. The van der Waals surface area contributed by atoms with E-state index in [4.69, 9.17) is 24.7 Å². The number of aliphatic hydroxyl groups is 2. The van der Waals surface area contributed by atoms with Crippen LogP contribution in [0.5, 0.6) is 0 Å². The van der Waals surface area contributed by atoms with Crippen LogP contribution in [0.25, 0.3) is 0 Å². The maximum atomic E-state index is 11.9. The van der Waals surface area contributed by atoms with E-state index in [1.807, 2.05) is 0 Å². The predicted octanol–water partition coefficient (Wildman–Crippen LogP) is 3.60. The smallest absolute Gasteiger partial charge is 0.408 e. The van der Waals surface area contributed by atoms with Crippen LogP contribution in [0.2, 0.25) is 0 Å². The number of aliphatic imine (C=N–C) groups is 2. The van der Waals surface area contributed by atoms with E-state index in [2.05, 4.69) is 20.6 Å². The number of thioether (sulfide) groups is 8. The Kier molecular flexibility index (Phi) is 34.1. The number of aliphatic hydroxyl groups excluding tert-OH is 2. The second-order valence-corrected chi connectivity index (χ2v) is 16.0. The van der Waals surface area contributed by atoms with Crippen molar-refractivity contribution >= 4 is 129 Å². The molecule has 1 unspecified atom stereocenters. The van der Waals surface area contributed by atoms with Gasteiger partial charge in [-0.05, 0) is 11.2 Å². The van der Waals surface area contributed by atoms with Gasteiger partial charge in [-0.15, -0.1) is 70.6 Å². The minimum atomic E-state index is -1.15. The Hall–Kier alpha value is 0.870. The second kappa shape index (κ2) is 33.4. The van der Waals surface area contributed by atoms with Gasteiger partial charge >= 0.3 is 6.09 Å². The van der Waals surface area contributed by atoms with Crippen molar-refractivity contribution in [3.8, 4) is 0 Å². The van der Waals surface area contributed by atoms with Gasteiger partial charge < -0.3 is 35.0 Å². The summed E-state index contributed by atoms with van der Waals surface area (Å²) in [7, 11) is 0. The van der Waals surface area contributed by atoms with Crippen LogP contribution in [0, 0.1) is 0 Å². The number of nitrogens with one attached hydrogen (secondary N) is 2.